The summed E-state index contributed by atoms with van der Waals surface area (Å²) in [4.78, 5) is 8.43. The molecule has 1 aliphatic rings. The molecule has 3 nitrogen and oxygen atoms in total. The first kappa shape index (κ1) is 10.6. The van der Waals surface area contributed by atoms with Crippen LogP contribution < -0.4 is 5.32 Å². The summed E-state index contributed by atoms with van der Waals surface area (Å²) in [5, 5.41) is 3.46. The molecule has 1 fully saturated rings. The fourth-order valence-corrected chi connectivity index (χ4v) is 1.90. The van der Waals surface area contributed by atoms with Crippen molar-refractivity contribution in [3.8, 4) is 0 Å². The van der Waals surface area contributed by atoms with Crippen LogP contribution in [0.1, 0.15) is 31.8 Å². The van der Waals surface area contributed by atoms with Gasteiger partial charge in [-0.2, -0.15) is 0 Å². The zero-order chi connectivity index (χ0) is 10.9. The molecule has 1 N–H and O–H groups in total. The molecule has 1 aliphatic carbocycles. The molecule has 1 aromatic heterocycles. The van der Waals surface area contributed by atoms with Crippen LogP contribution in [0.2, 0.25) is 0 Å². The zero-order valence-electron chi connectivity index (χ0n) is 9.75. The summed E-state index contributed by atoms with van der Waals surface area (Å²) in [5.74, 6) is 1.70. The van der Waals surface area contributed by atoms with E-state index in [4.69, 9.17) is 0 Å². The van der Waals surface area contributed by atoms with Crippen molar-refractivity contribution in [2.75, 3.05) is 6.54 Å². The smallest absolute Gasteiger partial charge is 0.125 e. The fourth-order valence-electron chi connectivity index (χ4n) is 1.90. The van der Waals surface area contributed by atoms with Gasteiger partial charge in [0.1, 0.15) is 5.82 Å². The van der Waals surface area contributed by atoms with Crippen LogP contribution in [0.3, 0.4) is 0 Å². The summed E-state index contributed by atoms with van der Waals surface area (Å²) in [7, 11) is 0. The molecule has 0 bridgehead atoms. The fraction of sp³-hybridized carbons (Fsp3) is 0.667. The van der Waals surface area contributed by atoms with Crippen molar-refractivity contribution in [2.24, 2.45) is 11.3 Å². The Kier molecular flexibility index (Phi) is 2.74. The number of nitrogens with zero attached hydrogens (tertiary/aromatic N) is 2. The van der Waals surface area contributed by atoms with Crippen LogP contribution in [0.4, 0.5) is 0 Å². The maximum atomic E-state index is 4.35. The van der Waals surface area contributed by atoms with Gasteiger partial charge in [-0.3, -0.25) is 0 Å². The number of rotatable bonds is 4. The minimum absolute atomic E-state index is 0.564. The van der Waals surface area contributed by atoms with Crippen LogP contribution in [-0.2, 0) is 6.54 Å². The molecule has 3 heteroatoms. The van der Waals surface area contributed by atoms with E-state index in [0.29, 0.717) is 5.41 Å². The van der Waals surface area contributed by atoms with Crippen LogP contribution >= 0.6 is 0 Å². The highest BCUT2D eigenvalue weighted by Crippen LogP contribution is 2.50. The molecule has 0 spiro atoms. The van der Waals surface area contributed by atoms with Gasteiger partial charge in [0.2, 0.25) is 0 Å². The first-order valence-electron chi connectivity index (χ1n) is 5.57. The molecule has 0 radical (unpaired) electrons. The zero-order valence-corrected chi connectivity index (χ0v) is 9.75. The van der Waals surface area contributed by atoms with Crippen molar-refractivity contribution in [2.45, 2.75) is 33.7 Å². The van der Waals surface area contributed by atoms with Crippen LogP contribution in [0.5, 0.6) is 0 Å². The molecule has 0 saturated heterocycles. The molecule has 1 aromatic rings. The number of nitrogens with one attached hydrogen (secondary N) is 1. The first-order valence-corrected chi connectivity index (χ1v) is 5.57. The van der Waals surface area contributed by atoms with E-state index in [1.807, 2.05) is 19.2 Å². The van der Waals surface area contributed by atoms with Crippen molar-refractivity contribution in [1.82, 2.24) is 15.3 Å². The maximum absolute atomic E-state index is 4.35. The van der Waals surface area contributed by atoms with Crippen molar-refractivity contribution < 1.29 is 0 Å². The molecule has 2 rings (SSSR count). The predicted octanol–water partition coefficient (Wildman–Crippen LogP) is 1.92. The summed E-state index contributed by atoms with van der Waals surface area (Å²) in [6, 6.07) is 1.97. The second-order valence-electron chi connectivity index (χ2n) is 5.12. The van der Waals surface area contributed by atoms with Gasteiger partial charge in [0.15, 0.2) is 0 Å². The van der Waals surface area contributed by atoms with Crippen LogP contribution in [-0.4, -0.2) is 16.5 Å². The number of aromatic nitrogens is 2. The Balaban J connectivity index is 1.75. The second-order valence-corrected chi connectivity index (χ2v) is 5.12. The Morgan fingerprint density at radius 2 is 2.27 bits per heavy atom. The molecular formula is C12H19N3. The lowest BCUT2D eigenvalue weighted by molar-refractivity contribution is 0.517. The quantitative estimate of drug-likeness (QED) is 0.816. The highest BCUT2D eigenvalue weighted by Gasteiger charge is 2.44. The molecule has 1 saturated carbocycles. The third-order valence-corrected chi connectivity index (χ3v) is 3.25. The third kappa shape index (κ3) is 2.75. The molecule has 15 heavy (non-hydrogen) atoms. The Morgan fingerprint density at radius 3 is 2.87 bits per heavy atom. The molecule has 0 aromatic carbocycles. The van der Waals surface area contributed by atoms with Gasteiger partial charge in [0.05, 0.1) is 5.69 Å². The standard InChI is InChI=1S/C12H19N3/c1-9-14-5-4-11(15-9)8-13-7-10-6-12(10,2)3/h4-5,10,13H,6-8H2,1-3H3. The summed E-state index contributed by atoms with van der Waals surface area (Å²) in [6.45, 7) is 8.54. The van der Waals surface area contributed by atoms with Crippen molar-refractivity contribution in [3.05, 3.63) is 23.8 Å². The molecule has 0 aliphatic heterocycles. The number of hydrogen-bond acceptors (Lipinski definition) is 3. The average molecular weight is 205 g/mol. The van der Waals surface area contributed by atoms with Crippen LogP contribution in [0.25, 0.3) is 0 Å². The Bertz CT molecular complexity index is 346. The molecule has 0 amide bonds. The first-order chi connectivity index (χ1) is 7.08. The predicted molar refractivity (Wildman–Crippen MR) is 60.4 cm³/mol. The highest BCUT2D eigenvalue weighted by molar-refractivity contribution is 5.02. The Labute approximate surface area is 91.3 Å². The monoisotopic (exact) mass is 205 g/mol. The minimum Gasteiger partial charge on any atom is -0.311 e. The summed E-state index contributed by atoms with van der Waals surface area (Å²) in [6.07, 6.45) is 3.17. The van der Waals surface area contributed by atoms with Gasteiger partial charge in [-0.25, -0.2) is 9.97 Å². The Hall–Kier alpha value is -0.960. The summed E-state index contributed by atoms with van der Waals surface area (Å²) in [5.41, 5.74) is 1.65. The van der Waals surface area contributed by atoms with Gasteiger partial charge in [0, 0.05) is 12.7 Å². The second kappa shape index (κ2) is 3.89. The van der Waals surface area contributed by atoms with E-state index in [-0.39, 0.29) is 0 Å². The lowest BCUT2D eigenvalue weighted by Crippen LogP contribution is -2.19. The van der Waals surface area contributed by atoms with E-state index >= 15 is 0 Å². The summed E-state index contributed by atoms with van der Waals surface area (Å²) >= 11 is 0. The molecule has 82 valence electrons. The number of aryl methyl sites for hydroxylation is 1. The van der Waals surface area contributed by atoms with E-state index in [1.165, 1.54) is 6.42 Å². The molecule has 1 atom stereocenters. The average Bonchev–Trinajstić information content (AvgIpc) is 2.74. The van der Waals surface area contributed by atoms with Crippen LogP contribution in [0.15, 0.2) is 12.3 Å². The minimum atomic E-state index is 0.564. The van der Waals surface area contributed by atoms with Gasteiger partial charge < -0.3 is 5.32 Å². The number of hydrogen-bond donors (Lipinski definition) is 1. The molecule has 1 unspecified atom stereocenters. The van der Waals surface area contributed by atoms with Crippen LogP contribution in [0, 0.1) is 18.3 Å². The van der Waals surface area contributed by atoms with Gasteiger partial charge >= 0.3 is 0 Å². The van der Waals surface area contributed by atoms with Crippen molar-refractivity contribution in [1.29, 1.82) is 0 Å². The van der Waals surface area contributed by atoms with E-state index in [0.717, 1.165) is 30.5 Å². The van der Waals surface area contributed by atoms with Gasteiger partial charge in [0.25, 0.3) is 0 Å². The highest BCUT2D eigenvalue weighted by atomic mass is 14.9. The Morgan fingerprint density at radius 1 is 1.53 bits per heavy atom. The molecule has 1 heterocycles. The van der Waals surface area contributed by atoms with Gasteiger partial charge in [-0.15, -0.1) is 0 Å². The lowest BCUT2D eigenvalue weighted by atomic mass is 10.1. The third-order valence-electron chi connectivity index (χ3n) is 3.25. The van der Waals surface area contributed by atoms with E-state index in [1.54, 1.807) is 0 Å². The topological polar surface area (TPSA) is 37.8 Å². The van der Waals surface area contributed by atoms with E-state index in [9.17, 15) is 0 Å². The van der Waals surface area contributed by atoms with Crippen molar-refractivity contribution >= 4 is 0 Å². The normalized spacial score (nSPS) is 22.7. The SMILES string of the molecule is Cc1nccc(CNCC2CC2(C)C)n1. The largest absolute Gasteiger partial charge is 0.311 e. The van der Waals surface area contributed by atoms with E-state index in [2.05, 4.69) is 29.1 Å². The van der Waals surface area contributed by atoms with Gasteiger partial charge in [-0.1, -0.05) is 13.8 Å². The maximum Gasteiger partial charge on any atom is 0.125 e. The molecular weight excluding hydrogens is 186 g/mol. The van der Waals surface area contributed by atoms with Crippen molar-refractivity contribution in [3.63, 3.8) is 0 Å². The summed E-state index contributed by atoms with van der Waals surface area (Å²) < 4.78 is 0. The van der Waals surface area contributed by atoms with E-state index < -0.39 is 0 Å². The van der Waals surface area contributed by atoms with Gasteiger partial charge in [-0.05, 0) is 37.3 Å². The lowest BCUT2D eigenvalue weighted by Gasteiger charge is -2.05.